The Labute approximate surface area is 187 Å². The Kier molecular flexibility index (Phi) is 7.66. The predicted octanol–water partition coefficient (Wildman–Crippen LogP) is 5.68. The van der Waals surface area contributed by atoms with Gasteiger partial charge in [-0.3, -0.25) is 9.52 Å². The van der Waals surface area contributed by atoms with Gasteiger partial charge in [0.1, 0.15) is 10.6 Å². The third-order valence-corrected chi connectivity index (χ3v) is 6.81. The first-order valence-corrected chi connectivity index (χ1v) is 11.5. The van der Waals surface area contributed by atoms with E-state index in [0.717, 1.165) is 5.56 Å². The monoisotopic (exact) mass is 473 g/mol. The molecule has 0 aliphatic rings. The summed E-state index contributed by atoms with van der Waals surface area (Å²) in [6, 6.07) is 7.67. The summed E-state index contributed by atoms with van der Waals surface area (Å²) in [4.78, 5) is 11.1. The van der Waals surface area contributed by atoms with Gasteiger partial charge in [-0.1, -0.05) is 23.2 Å². The Hall–Kier alpha value is -1.96. The van der Waals surface area contributed by atoms with Gasteiger partial charge < -0.3 is 9.84 Å². The fraction of sp³-hybridized carbons (Fsp3) is 0.381. The van der Waals surface area contributed by atoms with E-state index >= 15 is 0 Å². The number of carbonyl (C=O) groups is 1. The predicted molar refractivity (Wildman–Crippen MR) is 119 cm³/mol. The maximum absolute atomic E-state index is 12.7. The second-order valence-corrected chi connectivity index (χ2v) is 10.2. The molecule has 0 aliphatic carbocycles. The second kappa shape index (κ2) is 9.45. The summed E-state index contributed by atoms with van der Waals surface area (Å²) in [5.74, 6) is -0.227. The molecule has 2 aromatic carbocycles. The maximum atomic E-state index is 12.7. The van der Waals surface area contributed by atoms with Crippen molar-refractivity contribution in [2.45, 2.75) is 45.4 Å². The molecule has 0 radical (unpaired) electrons. The quantitative estimate of drug-likeness (QED) is 0.456. The molecule has 0 atom stereocenters. The van der Waals surface area contributed by atoms with Gasteiger partial charge in [0, 0.05) is 5.02 Å². The summed E-state index contributed by atoms with van der Waals surface area (Å²) < 4.78 is 33.8. The van der Waals surface area contributed by atoms with Crippen LogP contribution in [0.15, 0.2) is 35.2 Å². The number of ether oxygens (including phenoxy) is 1. The fourth-order valence-corrected chi connectivity index (χ4v) is 4.63. The number of nitrogens with one attached hydrogen (secondary N) is 1. The molecular weight excluding hydrogens is 449 g/mol. The van der Waals surface area contributed by atoms with Crippen LogP contribution in [0.25, 0.3) is 0 Å². The lowest BCUT2D eigenvalue weighted by atomic mass is 9.88. The highest BCUT2D eigenvalue weighted by molar-refractivity contribution is 7.92. The smallest absolute Gasteiger partial charge is 0.309 e. The second-order valence-electron chi connectivity index (χ2n) is 7.75. The molecule has 2 rings (SSSR count). The van der Waals surface area contributed by atoms with Gasteiger partial charge in [-0.2, -0.15) is 0 Å². The average Bonchev–Trinajstić information content (AvgIpc) is 2.64. The number of rotatable bonds is 9. The molecule has 0 amide bonds. The number of hydrogen-bond donors (Lipinski definition) is 2. The topological polar surface area (TPSA) is 92.7 Å². The van der Waals surface area contributed by atoms with Crippen molar-refractivity contribution in [3.05, 3.63) is 51.5 Å². The van der Waals surface area contributed by atoms with Crippen molar-refractivity contribution in [3.63, 3.8) is 0 Å². The van der Waals surface area contributed by atoms with Crippen LogP contribution in [0, 0.1) is 19.3 Å². The lowest BCUT2D eigenvalue weighted by Gasteiger charge is -2.19. The van der Waals surface area contributed by atoms with Crippen LogP contribution in [0.4, 0.5) is 5.69 Å². The number of aryl methyl sites for hydroxylation is 2. The van der Waals surface area contributed by atoms with Gasteiger partial charge in [0.05, 0.1) is 22.7 Å². The zero-order valence-electron chi connectivity index (χ0n) is 17.3. The highest BCUT2D eigenvalue weighted by atomic mass is 35.5. The molecule has 0 aliphatic heterocycles. The number of carboxylic acid groups (broad SMARTS) is 1. The lowest BCUT2D eigenvalue weighted by molar-refractivity contribution is -0.147. The Balaban J connectivity index is 2.13. The largest absolute Gasteiger partial charge is 0.493 e. The Bertz CT molecular complexity index is 1050. The van der Waals surface area contributed by atoms with E-state index < -0.39 is 21.4 Å². The Morgan fingerprint density at radius 2 is 1.80 bits per heavy atom. The molecule has 0 saturated heterocycles. The maximum Gasteiger partial charge on any atom is 0.309 e. The van der Waals surface area contributed by atoms with Crippen LogP contribution in [-0.4, -0.2) is 26.1 Å². The van der Waals surface area contributed by atoms with Crippen LogP contribution < -0.4 is 9.46 Å². The molecule has 0 bridgehead atoms. The summed E-state index contributed by atoms with van der Waals surface area (Å²) in [5.41, 5.74) is 1.01. The number of carboxylic acids is 1. The van der Waals surface area contributed by atoms with E-state index in [9.17, 15) is 13.2 Å². The van der Waals surface area contributed by atoms with E-state index in [1.165, 1.54) is 18.2 Å². The molecule has 2 N–H and O–H groups in total. The van der Waals surface area contributed by atoms with Gasteiger partial charge in [0.15, 0.2) is 0 Å². The van der Waals surface area contributed by atoms with Gasteiger partial charge >= 0.3 is 5.97 Å². The third kappa shape index (κ3) is 6.03. The summed E-state index contributed by atoms with van der Waals surface area (Å²) >= 11 is 11.9. The molecule has 0 heterocycles. The van der Waals surface area contributed by atoms with Crippen LogP contribution in [0.1, 0.15) is 37.8 Å². The van der Waals surface area contributed by atoms with Gasteiger partial charge in [-0.05, 0) is 82.0 Å². The zero-order chi connectivity index (χ0) is 22.7. The Morgan fingerprint density at radius 3 is 2.43 bits per heavy atom. The van der Waals surface area contributed by atoms with Crippen molar-refractivity contribution in [3.8, 4) is 5.75 Å². The molecule has 0 unspecified atom stereocenters. The van der Waals surface area contributed by atoms with Gasteiger partial charge in [0.25, 0.3) is 10.0 Å². The summed E-state index contributed by atoms with van der Waals surface area (Å²) in [6.07, 6.45) is 1.07. The molecule has 164 valence electrons. The van der Waals surface area contributed by atoms with Crippen LogP contribution in [-0.2, 0) is 14.8 Å². The zero-order valence-corrected chi connectivity index (χ0v) is 19.6. The van der Waals surface area contributed by atoms with Crippen molar-refractivity contribution >= 4 is 44.9 Å². The van der Waals surface area contributed by atoms with Crippen molar-refractivity contribution in [2.24, 2.45) is 5.41 Å². The molecule has 0 fully saturated rings. The SMILES string of the molecule is Cc1cc(OCCCC(C)(C)C(=O)O)c(C)cc1NS(=O)(=O)c1cc(Cl)ccc1Cl. The van der Waals surface area contributed by atoms with Crippen molar-refractivity contribution in [1.29, 1.82) is 0 Å². The highest BCUT2D eigenvalue weighted by Gasteiger charge is 2.26. The minimum atomic E-state index is -3.93. The number of aliphatic carboxylic acids is 1. The van der Waals surface area contributed by atoms with E-state index in [1.54, 1.807) is 39.8 Å². The van der Waals surface area contributed by atoms with E-state index in [1.807, 2.05) is 0 Å². The molecule has 0 saturated carbocycles. The molecule has 0 spiro atoms. The summed E-state index contributed by atoms with van der Waals surface area (Å²) in [5, 5.41) is 9.50. The van der Waals surface area contributed by atoms with Crippen LogP contribution in [0.2, 0.25) is 10.0 Å². The first-order valence-electron chi connectivity index (χ1n) is 9.29. The first kappa shape index (κ1) is 24.3. The normalized spacial score (nSPS) is 11.9. The third-order valence-electron chi connectivity index (χ3n) is 4.73. The average molecular weight is 474 g/mol. The minimum absolute atomic E-state index is 0.0745. The van der Waals surface area contributed by atoms with Crippen molar-refractivity contribution in [1.82, 2.24) is 0 Å². The standard InChI is InChI=1S/C21H25Cl2NO5S/c1-13-11-18(29-9-5-8-21(3,4)20(25)26)14(2)10-17(13)24-30(27,28)19-12-15(22)6-7-16(19)23/h6-7,10-12,24H,5,8-9H2,1-4H3,(H,25,26). The molecule has 30 heavy (non-hydrogen) atoms. The first-order chi connectivity index (χ1) is 13.8. The van der Waals surface area contributed by atoms with Gasteiger partial charge in [-0.25, -0.2) is 8.42 Å². The van der Waals surface area contributed by atoms with E-state index in [4.69, 9.17) is 33.0 Å². The summed E-state index contributed by atoms with van der Waals surface area (Å²) in [6.45, 7) is 7.28. The number of anilines is 1. The number of hydrogen-bond acceptors (Lipinski definition) is 4. The highest BCUT2D eigenvalue weighted by Crippen LogP contribution is 2.31. The van der Waals surface area contributed by atoms with Gasteiger partial charge in [-0.15, -0.1) is 0 Å². The van der Waals surface area contributed by atoms with Crippen molar-refractivity contribution < 1.29 is 23.1 Å². The van der Waals surface area contributed by atoms with Crippen LogP contribution in [0.3, 0.4) is 0 Å². The van der Waals surface area contributed by atoms with E-state index in [0.29, 0.717) is 36.4 Å². The molecule has 6 nitrogen and oxygen atoms in total. The van der Waals surface area contributed by atoms with Crippen LogP contribution in [0.5, 0.6) is 5.75 Å². The minimum Gasteiger partial charge on any atom is -0.493 e. The van der Waals surface area contributed by atoms with Crippen molar-refractivity contribution in [2.75, 3.05) is 11.3 Å². The molecule has 9 heteroatoms. The molecular formula is C21H25Cl2NO5S. The number of sulfonamides is 1. The fourth-order valence-electron chi connectivity index (χ4n) is 2.74. The number of halogens is 2. The molecule has 2 aromatic rings. The lowest BCUT2D eigenvalue weighted by Crippen LogP contribution is -2.24. The van der Waals surface area contributed by atoms with Gasteiger partial charge in [0.2, 0.25) is 0 Å². The molecule has 0 aromatic heterocycles. The summed E-state index contributed by atoms with van der Waals surface area (Å²) in [7, 11) is -3.93. The van der Waals surface area contributed by atoms with Crippen LogP contribution >= 0.6 is 23.2 Å². The Morgan fingerprint density at radius 1 is 1.13 bits per heavy atom. The van der Waals surface area contributed by atoms with E-state index in [2.05, 4.69) is 4.72 Å². The number of benzene rings is 2. The van der Waals surface area contributed by atoms with E-state index in [-0.39, 0.29) is 14.9 Å².